The van der Waals surface area contributed by atoms with Crippen LogP contribution in [0.15, 0.2) is 12.7 Å². The summed E-state index contributed by atoms with van der Waals surface area (Å²) in [5.41, 5.74) is 0.00113. The molecule has 0 amide bonds. The molecular formula is C14H28N2O2. The van der Waals surface area contributed by atoms with Gasteiger partial charge in [-0.05, 0) is 41.5 Å². The van der Waals surface area contributed by atoms with Crippen LogP contribution in [-0.4, -0.2) is 36.2 Å². The molecule has 2 N–H and O–H groups in total. The highest BCUT2D eigenvalue weighted by atomic mass is 16.5. The Labute approximate surface area is 111 Å². The first-order valence-corrected chi connectivity index (χ1v) is 6.36. The largest absolute Gasteiger partial charge is 0.457 e. The minimum absolute atomic E-state index is 0.000565. The Balaban J connectivity index is 4.33. The molecule has 0 bridgehead atoms. The maximum absolute atomic E-state index is 11.3. The van der Waals surface area contributed by atoms with Crippen LogP contribution in [0.1, 0.15) is 41.5 Å². The van der Waals surface area contributed by atoms with Gasteiger partial charge in [-0.25, -0.2) is 4.79 Å². The van der Waals surface area contributed by atoms with E-state index in [4.69, 9.17) is 4.74 Å². The summed E-state index contributed by atoms with van der Waals surface area (Å²) in [6.07, 6.45) is 0.996. The Morgan fingerprint density at radius 1 is 1.11 bits per heavy atom. The molecule has 0 aliphatic carbocycles. The van der Waals surface area contributed by atoms with Gasteiger partial charge in [-0.1, -0.05) is 6.58 Å². The van der Waals surface area contributed by atoms with Crippen molar-refractivity contribution in [1.29, 1.82) is 0 Å². The third kappa shape index (κ3) is 10.3. The van der Waals surface area contributed by atoms with Crippen LogP contribution < -0.4 is 10.6 Å². The van der Waals surface area contributed by atoms with Gasteiger partial charge in [0.05, 0.1) is 0 Å². The van der Waals surface area contributed by atoms with Gasteiger partial charge in [-0.2, -0.15) is 0 Å². The van der Waals surface area contributed by atoms with Gasteiger partial charge in [0.1, 0.15) is 6.10 Å². The molecule has 106 valence electrons. The fourth-order valence-corrected chi connectivity index (χ4v) is 1.21. The summed E-state index contributed by atoms with van der Waals surface area (Å²) < 4.78 is 5.31. The van der Waals surface area contributed by atoms with Gasteiger partial charge in [0.25, 0.3) is 0 Å². The zero-order valence-corrected chi connectivity index (χ0v) is 12.6. The molecule has 0 saturated carbocycles. The number of esters is 1. The first-order valence-electron chi connectivity index (χ1n) is 6.36. The Hall–Kier alpha value is -0.870. The molecule has 0 unspecified atom stereocenters. The van der Waals surface area contributed by atoms with Crippen LogP contribution in [-0.2, 0) is 9.53 Å². The van der Waals surface area contributed by atoms with Crippen LogP contribution in [0.4, 0.5) is 0 Å². The fourth-order valence-electron chi connectivity index (χ4n) is 1.21. The Morgan fingerprint density at radius 2 is 1.50 bits per heavy atom. The molecule has 0 aromatic carbocycles. The van der Waals surface area contributed by atoms with E-state index in [1.54, 1.807) is 0 Å². The van der Waals surface area contributed by atoms with Crippen molar-refractivity contribution in [3.63, 3.8) is 0 Å². The Bertz CT molecular complexity index is 256. The number of hydrogen-bond donors (Lipinski definition) is 2. The lowest BCUT2D eigenvalue weighted by Gasteiger charge is -2.28. The lowest BCUT2D eigenvalue weighted by atomic mass is 10.1. The predicted molar refractivity (Wildman–Crippen MR) is 75.6 cm³/mol. The monoisotopic (exact) mass is 256 g/mol. The maximum atomic E-state index is 11.3. The average molecular weight is 256 g/mol. The van der Waals surface area contributed by atoms with Crippen molar-refractivity contribution in [3.8, 4) is 0 Å². The molecule has 0 heterocycles. The first kappa shape index (κ1) is 17.1. The second-order valence-corrected chi connectivity index (χ2v) is 6.52. The van der Waals surface area contributed by atoms with Crippen molar-refractivity contribution in [2.24, 2.45) is 0 Å². The number of nitrogens with one attached hydrogen (secondary N) is 2. The van der Waals surface area contributed by atoms with Crippen LogP contribution in [0, 0.1) is 0 Å². The summed E-state index contributed by atoms with van der Waals surface area (Å²) in [5.74, 6) is -0.383. The summed E-state index contributed by atoms with van der Waals surface area (Å²) in [6.45, 7) is 17.1. The lowest BCUT2D eigenvalue weighted by Crippen LogP contribution is -2.48. The molecule has 0 radical (unpaired) electrons. The molecule has 0 aliphatic rings. The van der Waals surface area contributed by atoms with Crippen LogP contribution in [0.3, 0.4) is 0 Å². The van der Waals surface area contributed by atoms with Gasteiger partial charge in [0, 0.05) is 30.2 Å². The van der Waals surface area contributed by atoms with E-state index in [2.05, 4.69) is 58.8 Å². The molecular weight excluding hydrogens is 228 g/mol. The van der Waals surface area contributed by atoms with Crippen LogP contribution in [0.5, 0.6) is 0 Å². The van der Waals surface area contributed by atoms with Crippen molar-refractivity contribution in [3.05, 3.63) is 12.7 Å². The summed E-state index contributed by atoms with van der Waals surface area (Å²) in [6, 6.07) is 0. The van der Waals surface area contributed by atoms with E-state index in [0.29, 0.717) is 13.1 Å². The van der Waals surface area contributed by atoms with Crippen molar-refractivity contribution >= 4 is 5.97 Å². The van der Waals surface area contributed by atoms with Crippen LogP contribution in [0.2, 0.25) is 0 Å². The van der Waals surface area contributed by atoms with E-state index in [9.17, 15) is 4.79 Å². The van der Waals surface area contributed by atoms with Gasteiger partial charge in [-0.3, -0.25) is 0 Å². The van der Waals surface area contributed by atoms with Crippen molar-refractivity contribution < 1.29 is 9.53 Å². The van der Waals surface area contributed by atoms with Gasteiger partial charge < -0.3 is 15.4 Å². The lowest BCUT2D eigenvalue weighted by molar-refractivity contribution is -0.142. The number of carbonyl (C=O) groups is 1. The van der Waals surface area contributed by atoms with E-state index in [1.807, 2.05) is 0 Å². The molecule has 4 nitrogen and oxygen atoms in total. The predicted octanol–water partition coefficient (Wildman–Crippen LogP) is 1.86. The smallest absolute Gasteiger partial charge is 0.330 e. The molecule has 0 spiro atoms. The highest BCUT2D eigenvalue weighted by Crippen LogP contribution is 2.03. The maximum Gasteiger partial charge on any atom is 0.330 e. The van der Waals surface area contributed by atoms with Crippen molar-refractivity contribution in [2.75, 3.05) is 13.1 Å². The van der Waals surface area contributed by atoms with Gasteiger partial charge >= 0.3 is 5.97 Å². The van der Waals surface area contributed by atoms with Gasteiger partial charge in [0.2, 0.25) is 0 Å². The molecule has 0 atom stereocenters. The van der Waals surface area contributed by atoms with Gasteiger partial charge in [-0.15, -0.1) is 0 Å². The van der Waals surface area contributed by atoms with E-state index in [-0.39, 0.29) is 23.2 Å². The summed E-state index contributed by atoms with van der Waals surface area (Å²) in [7, 11) is 0. The number of rotatable bonds is 6. The SMILES string of the molecule is C=CC(=O)OC(CNC(C)(C)C)CNC(C)(C)C. The fraction of sp³-hybridized carbons (Fsp3) is 0.786. The summed E-state index contributed by atoms with van der Waals surface area (Å²) in [4.78, 5) is 11.3. The first-order chi connectivity index (χ1) is 8.03. The minimum Gasteiger partial charge on any atom is -0.457 e. The highest BCUT2D eigenvalue weighted by Gasteiger charge is 2.19. The van der Waals surface area contributed by atoms with Crippen molar-refractivity contribution in [2.45, 2.75) is 58.7 Å². The number of carbonyl (C=O) groups excluding carboxylic acids is 1. The van der Waals surface area contributed by atoms with E-state index in [1.165, 1.54) is 6.08 Å². The molecule has 0 aromatic heterocycles. The van der Waals surface area contributed by atoms with E-state index in [0.717, 1.165) is 0 Å². The second kappa shape index (κ2) is 6.90. The van der Waals surface area contributed by atoms with Gasteiger partial charge in [0.15, 0.2) is 0 Å². The number of ether oxygens (including phenoxy) is 1. The van der Waals surface area contributed by atoms with Crippen molar-refractivity contribution in [1.82, 2.24) is 10.6 Å². The van der Waals surface area contributed by atoms with E-state index < -0.39 is 0 Å². The number of hydrogen-bond acceptors (Lipinski definition) is 4. The molecule has 0 rings (SSSR count). The molecule has 0 aromatic rings. The quantitative estimate of drug-likeness (QED) is 0.562. The molecule has 0 aliphatic heterocycles. The highest BCUT2D eigenvalue weighted by molar-refractivity contribution is 5.81. The van der Waals surface area contributed by atoms with E-state index >= 15 is 0 Å². The molecule has 0 fully saturated rings. The second-order valence-electron chi connectivity index (χ2n) is 6.52. The molecule has 18 heavy (non-hydrogen) atoms. The summed E-state index contributed by atoms with van der Waals surface area (Å²) >= 11 is 0. The third-order valence-electron chi connectivity index (χ3n) is 2.17. The Morgan fingerprint density at radius 3 is 1.78 bits per heavy atom. The topological polar surface area (TPSA) is 50.4 Å². The van der Waals surface area contributed by atoms with Crippen LogP contribution in [0.25, 0.3) is 0 Å². The average Bonchev–Trinajstić information content (AvgIpc) is 2.19. The van der Waals surface area contributed by atoms with Crippen LogP contribution >= 0.6 is 0 Å². The standard InChI is InChI=1S/C14H28N2O2/c1-8-12(17)18-11(9-15-13(2,3)4)10-16-14(5,6)7/h8,11,15-16H,1,9-10H2,2-7H3. The minimum atomic E-state index is -0.383. The Kier molecular flexibility index (Phi) is 6.57. The third-order valence-corrected chi connectivity index (χ3v) is 2.17. The zero-order chi connectivity index (χ0) is 14.4. The zero-order valence-electron chi connectivity index (χ0n) is 12.6. The normalized spacial score (nSPS) is 12.6. The summed E-state index contributed by atoms with van der Waals surface area (Å²) in [5, 5.41) is 6.67. The molecule has 4 heteroatoms. The molecule has 0 saturated heterocycles.